The number of carboxylic acids is 5. The number of guanidine groups is 1. The summed E-state index contributed by atoms with van der Waals surface area (Å²) in [5.74, 6) is -17.2. The van der Waals surface area contributed by atoms with Crippen LogP contribution < -0.4 is 76.5 Å². The van der Waals surface area contributed by atoms with Crippen LogP contribution in [0.3, 0.4) is 0 Å². The number of aliphatic carboxylic acids is 5. The van der Waals surface area contributed by atoms with Gasteiger partial charge in [0.15, 0.2) is 5.96 Å². The highest BCUT2D eigenvalue weighted by Gasteiger charge is 2.36. The third-order valence-corrected chi connectivity index (χ3v) is 13.5. The van der Waals surface area contributed by atoms with E-state index in [1.54, 1.807) is 58.0 Å². The van der Waals surface area contributed by atoms with Crippen molar-refractivity contribution in [1.29, 1.82) is 0 Å². The number of carbonyl (C=O) groups is 15. The van der Waals surface area contributed by atoms with Crippen molar-refractivity contribution in [3.05, 3.63) is 35.9 Å². The maximum Gasteiger partial charge on any atom is 0.326 e. The Morgan fingerprint density at radius 3 is 1.41 bits per heavy atom. The fraction of sp³-hybridized carbons (Fsp3) is 0.607. The molecule has 0 aliphatic rings. The largest absolute Gasteiger partial charge is 0.481 e. The number of benzene rings is 1. The first-order valence-corrected chi connectivity index (χ1v) is 29.2. The molecule has 0 heterocycles. The number of hydrogen-bond donors (Lipinski definition) is 20. The molecule has 1 rings (SSSR count). The number of carbonyl (C=O) groups excluding carboxylic acids is 10. The van der Waals surface area contributed by atoms with Crippen LogP contribution in [-0.4, -0.2) is 205 Å². The number of nitrogens with zero attached hydrogens (tertiary/aromatic N) is 1. The van der Waals surface area contributed by atoms with Crippen LogP contribution in [0.1, 0.15) is 118 Å². The summed E-state index contributed by atoms with van der Waals surface area (Å²) in [6.45, 7) is 10.5. The van der Waals surface area contributed by atoms with Crippen molar-refractivity contribution in [2.45, 2.75) is 186 Å². The summed E-state index contributed by atoms with van der Waals surface area (Å²) in [4.78, 5) is 189. The van der Waals surface area contributed by atoms with Gasteiger partial charge >= 0.3 is 29.8 Å². The molecule has 0 fully saturated rings. The van der Waals surface area contributed by atoms with E-state index >= 15 is 0 Å². The Kier molecular flexibility index (Phi) is 38.0. The van der Waals surface area contributed by atoms with E-state index in [1.807, 2.05) is 0 Å². The molecule has 0 aliphatic heterocycles. The van der Waals surface area contributed by atoms with Gasteiger partial charge in [0.25, 0.3) is 0 Å². The number of aliphatic hydroxyl groups is 1. The summed E-state index contributed by atoms with van der Waals surface area (Å²) < 4.78 is 0. The van der Waals surface area contributed by atoms with Crippen molar-refractivity contribution in [3.63, 3.8) is 0 Å². The van der Waals surface area contributed by atoms with E-state index in [0.717, 1.165) is 0 Å². The molecule has 0 saturated heterocycles. The molecule has 10 amide bonds. The van der Waals surface area contributed by atoms with Gasteiger partial charge in [-0.25, -0.2) is 9.59 Å². The molecule has 12 atom stereocenters. The zero-order valence-corrected chi connectivity index (χ0v) is 52.3. The number of amides is 10. The molecule has 25 N–H and O–H groups in total. The number of rotatable bonds is 42. The molecule has 1 aromatic carbocycles. The molecule has 0 saturated carbocycles. The third kappa shape index (κ3) is 33.3. The maximum absolute atomic E-state index is 13.3. The highest BCUT2D eigenvalue weighted by molar-refractivity contribution is 5.99. The fourth-order valence-corrected chi connectivity index (χ4v) is 8.07. The quantitative estimate of drug-likeness (QED) is 0.0165. The minimum Gasteiger partial charge on any atom is -0.481 e. The van der Waals surface area contributed by atoms with E-state index in [-0.39, 0.29) is 50.0 Å². The van der Waals surface area contributed by atoms with Crippen molar-refractivity contribution in [3.8, 4) is 0 Å². The first-order chi connectivity index (χ1) is 42.8. The summed E-state index contributed by atoms with van der Waals surface area (Å²) >= 11 is 0. The maximum atomic E-state index is 13.3. The van der Waals surface area contributed by atoms with Crippen LogP contribution in [-0.2, 0) is 78.3 Å². The normalized spacial score (nSPS) is 14.8. The van der Waals surface area contributed by atoms with Gasteiger partial charge in [0.05, 0.1) is 31.5 Å². The number of carboxylic acid groups (broad SMARTS) is 5. The van der Waals surface area contributed by atoms with Crippen LogP contribution in [0, 0.1) is 17.8 Å². The van der Waals surface area contributed by atoms with Gasteiger partial charge < -0.3 is 107 Å². The Bertz CT molecular complexity index is 2730. The second-order valence-electron chi connectivity index (χ2n) is 22.2. The zero-order valence-electron chi connectivity index (χ0n) is 52.3. The van der Waals surface area contributed by atoms with Crippen LogP contribution in [0.5, 0.6) is 0 Å². The van der Waals surface area contributed by atoms with Crippen LogP contribution in [0.4, 0.5) is 0 Å². The van der Waals surface area contributed by atoms with Crippen LogP contribution in [0.2, 0.25) is 0 Å². The van der Waals surface area contributed by atoms with Crippen molar-refractivity contribution >= 4 is 94.9 Å². The van der Waals surface area contributed by atoms with E-state index in [1.165, 1.54) is 20.8 Å². The Hall–Kier alpha value is -9.58. The second-order valence-corrected chi connectivity index (χ2v) is 22.2. The molecule has 92 heavy (non-hydrogen) atoms. The number of aliphatic hydroxyl groups excluding tert-OH is 1. The molecule has 0 aliphatic carbocycles. The monoisotopic (exact) mass is 1310 g/mol. The molecule has 0 radical (unpaired) electrons. The zero-order chi connectivity index (χ0) is 70.7. The number of nitrogens with one attached hydrogen (secondary N) is 9. The van der Waals surface area contributed by atoms with E-state index in [9.17, 15) is 92.3 Å². The Morgan fingerprint density at radius 1 is 0.489 bits per heavy atom. The van der Waals surface area contributed by atoms with Crippen LogP contribution >= 0.6 is 0 Å². The van der Waals surface area contributed by atoms with Crippen LogP contribution in [0.15, 0.2) is 35.3 Å². The summed E-state index contributed by atoms with van der Waals surface area (Å²) in [6, 6.07) is -6.98. The van der Waals surface area contributed by atoms with E-state index in [0.29, 0.717) is 12.0 Å². The lowest BCUT2D eigenvalue weighted by molar-refractivity contribution is -0.143. The number of primary amides is 1. The predicted octanol–water partition coefficient (Wildman–Crippen LogP) is -5.70. The van der Waals surface area contributed by atoms with Gasteiger partial charge in [-0.15, -0.1) is 0 Å². The summed E-state index contributed by atoms with van der Waals surface area (Å²) in [5.41, 5.74) is 27.8. The summed E-state index contributed by atoms with van der Waals surface area (Å²) in [6.07, 6.45) is -2.71. The molecule has 0 bridgehead atoms. The van der Waals surface area contributed by atoms with Gasteiger partial charge in [0.1, 0.15) is 54.4 Å². The summed E-state index contributed by atoms with van der Waals surface area (Å²) in [5, 5.41) is 76.9. The average Bonchev–Trinajstić information content (AvgIpc) is 1.00. The smallest absolute Gasteiger partial charge is 0.326 e. The molecule has 516 valence electrons. The minimum absolute atomic E-state index is 0.0408. The van der Waals surface area contributed by atoms with Crippen molar-refractivity contribution in [2.24, 2.45) is 51.4 Å². The SMILES string of the molecule is CC(NC(=O)C(N)CC(=O)O)C(=O)NC(CCC(=O)O)C(=O)NC(Cc1ccccc1)C(=O)NC(CCCN=C(N)N)C(=O)O.CCC(C)C(N)C(=O)NC(CO)C(=O)NC(CCC(=O)O)C(=O)NC(C(=O)NC(CC(N)=O)C(=O)NC(CC(C)C)C(=O)O)C(C)C. The lowest BCUT2D eigenvalue weighted by Crippen LogP contribution is -2.61. The van der Waals surface area contributed by atoms with Crippen molar-refractivity contribution < 1.29 is 103 Å². The van der Waals surface area contributed by atoms with E-state index < -0.39 is 206 Å². The first kappa shape index (κ1) is 82.4. The number of aliphatic imine (C=N–C) groups is 1. The standard InChI is InChI=1S/C29H51N7O11.C27H40N8O10/c1-7-15(6)22(31)27(44)35-19(12-37)26(43)32-16(8-9-21(39)40)24(41)36-23(14(4)5)28(45)33-17(11-20(30)38)25(42)34-18(29(46)47)10-13(2)3;1-14(32-23(41)16(28)13-21(38)39)22(40)33-17(9-10-20(36)37)24(42)35-19(12-15-6-3-2-4-7-15)25(43)34-18(26(44)45)8-5-11-31-27(29)30/h13-19,22-23,37H,7-12,31H2,1-6H3,(H2,30,38)(H,32,43)(H,33,45)(H,34,42)(H,35,44)(H,36,41)(H,39,40)(H,46,47);2-4,6-7,14,16-19H,5,8-13,28H2,1H3,(H,32,41)(H,33,40)(H,34,43)(H,35,42)(H,36,37)(H,38,39)(H,44,45)(H4,29,30,31). The lowest BCUT2D eigenvalue weighted by atomic mass is 9.99. The average molecular weight is 1310 g/mol. The van der Waals surface area contributed by atoms with Crippen LogP contribution in [0.25, 0.3) is 0 Å². The highest BCUT2D eigenvalue weighted by Crippen LogP contribution is 2.12. The molecule has 36 nitrogen and oxygen atoms in total. The van der Waals surface area contributed by atoms with E-state index in [4.69, 9.17) is 38.9 Å². The Balaban J connectivity index is 0.00000180. The topological polar surface area (TPSA) is 628 Å². The van der Waals surface area contributed by atoms with Gasteiger partial charge in [0, 0.05) is 25.8 Å². The molecule has 12 unspecified atom stereocenters. The predicted molar refractivity (Wildman–Crippen MR) is 325 cm³/mol. The van der Waals surface area contributed by atoms with Gasteiger partial charge in [-0.2, -0.15) is 0 Å². The van der Waals surface area contributed by atoms with Gasteiger partial charge in [-0.1, -0.05) is 78.3 Å². The molecule has 36 heteroatoms. The third-order valence-electron chi connectivity index (χ3n) is 13.5. The fourth-order valence-electron chi connectivity index (χ4n) is 8.07. The van der Waals surface area contributed by atoms with Gasteiger partial charge in [0.2, 0.25) is 59.1 Å². The number of hydrogen-bond acceptors (Lipinski definition) is 19. The molecule has 1 aromatic rings. The van der Waals surface area contributed by atoms with E-state index in [2.05, 4.69) is 52.8 Å². The lowest BCUT2D eigenvalue weighted by Gasteiger charge is -2.28. The highest BCUT2D eigenvalue weighted by atomic mass is 16.4. The van der Waals surface area contributed by atoms with Gasteiger partial charge in [-0.3, -0.25) is 67.3 Å². The summed E-state index contributed by atoms with van der Waals surface area (Å²) in [7, 11) is 0. The molecule has 0 aromatic heterocycles. The Morgan fingerprint density at radius 2 is 0.946 bits per heavy atom. The molecular weight excluding hydrogens is 1220 g/mol. The van der Waals surface area contributed by atoms with Crippen molar-refractivity contribution in [1.82, 2.24) is 47.9 Å². The van der Waals surface area contributed by atoms with Gasteiger partial charge in [-0.05, 0) is 62.3 Å². The minimum atomic E-state index is -1.61. The Labute approximate surface area is 529 Å². The molecule has 0 spiro atoms. The number of nitrogens with two attached hydrogens (primary N) is 5. The second kappa shape index (κ2) is 42.4. The molecular formula is C56H91N15O21. The van der Waals surface area contributed by atoms with Crippen molar-refractivity contribution in [2.75, 3.05) is 13.2 Å². The first-order valence-electron chi connectivity index (χ1n) is 29.2.